The van der Waals surface area contributed by atoms with Crippen LogP contribution in [0.2, 0.25) is 10.0 Å². The Morgan fingerprint density at radius 2 is 1.78 bits per heavy atom. The van der Waals surface area contributed by atoms with Crippen molar-refractivity contribution in [1.29, 1.82) is 0 Å². The van der Waals surface area contributed by atoms with E-state index >= 15 is 0 Å². The van der Waals surface area contributed by atoms with E-state index in [1.807, 2.05) is 0 Å². The van der Waals surface area contributed by atoms with Crippen LogP contribution in [0.25, 0.3) is 0 Å². The SMILES string of the molecule is CNC(=O)C1CCN(C(=O)C2CCCN2C(=O)c2cc(Cl)ccc2Cl)CC1. The van der Waals surface area contributed by atoms with Gasteiger partial charge in [0.25, 0.3) is 5.91 Å². The summed E-state index contributed by atoms with van der Waals surface area (Å²) in [5, 5.41) is 3.42. The first-order valence-electron chi connectivity index (χ1n) is 9.18. The minimum Gasteiger partial charge on any atom is -0.359 e. The van der Waals surface area contributed by atoms with Gasteiger partial charge in [0.05, 0.1) is 10.6 Å². The largest absolute Gasteiger partial charge is 0.359 e. The zero-order valence-corrected chi connectivity index (χ0v) is 16.7. The van der Waals surface area contributed by atoms with Gasteiger partial charge >= 0.3 is 0 Å². The molecule has 3 amide bonds. The zero-order valence-electron chi connectivity index (χ0n) is 15.2. The van der Waals surface area contributed by atoms with Crippen molar-refractivity contribution >= 4 is 40.9 Å². The second-order valence-electron chi connectivity index (χ2n) is 6.99. The highest BCUT2D eigenvalue weighted by Gasteiger charge is 2.38. The molecule has 0 aliphatic carbocycles. The van der Waals surface area contributed by atoms with E-state index in [0.717, 1.165) is 6.42 Å². The molecule has 0 spiro atoms. The summed E-state index contributed by atoms with van der Waals surface area (Å²) in [6.07, 6.45) is 2.70. The summed E-state index contributed by atoms with van der Waals surface area (Å²) < 4.78 is 0. The summed E-state index contributed by atoms with van der Waals surface area (Å²) in [6.45, 7) is 1.59. The Morgan fingerprint density at radius 3 is 2.44 bits per heavy atom. The van der Waals surface area contributed by atoms with Crippen LogP contribution in [0.4, 0.5) is 0 Å². The quantitative estimate of drug-likeness (QED) is 0.830. The van der Waals surface area contributed by atoms with Crippen LogP contribution in [-0.2, 0) is 9.59 Å². The number of hydrogen-bond acceptors (Lipinski definition) is 3. The number of piperidine rings is 1. The van der Waals surface area contributed by atoms with Crippen molar-refractivity contribution in [3.05, 3.63) is 33.8 Å². The molecule has 1 aromatic carbocycles. The van der Waals surface area contributed by atoms with Crippen LogP contribution < -0.4 is 5.32 Å². The van der Waals surface area contributed by atoms with Crippen molar-refractivity contribution < 1.29 is 14.4 Å². The average Bonchev–Trinajstić information content (AvgIpc) is 3.18. The van der Waals surface area contributed by atoms with Crippen molar-refractivity contribution in [3.8, 4) is 0 Å². The third kappa shape index (κ3) is 4.22. The summed E-state index contributed by atoms with van der Waals surface area (Å²) in [7, 11) is 1.63. The Bertz CT molecular complexity index is 748. The number of rotatable bonds is 3. The molecular formula is C19H23Cl2N3O3. The smallest absolute Gasteiger partial charge is 0.256 e. The molecular weight excluding hydrogens is 389 g/mol. The lowest BCUT2D eigenvalue weighted by Gasteiger charge is -2.35. The first-order valence-corrected chi connectivity index (χ1v) is 9.94. The molecule has 2 saturated heterocycles. The van der Waals surface area contributed by atoms with E-state index in [-0.39, 0.29) is 23.6 Å². The topological polar surface area (TPSA) is 69.7 Å². The van der Waals surface area contributed by atoms with Gasteiger partial charge in [-0.15, -0.1) is 0 Å². The van der Waals surface area contributed by atoms with Crippen molar-refractivity contribution in [2.24, 2.45) is 5.92 Å². The van der Waals surface area contributed by atoms with Gasteiger partial charge in [0, 0.05) is 37.6 Å². The monoisotopic (exact) mass is 411 g/mol. The third-order valence-electron chi connectivity index (χ3n) is 5.38. The number of likely N-dealkylation sites (tertiary alicyclic amines) is 2. The number of nitrogens with zero attached hydrogens (tertiary/aromatic N) is 2. The fraction of sp³-hybridized carbons (Fsp3) is 0.526. The van der Waals surface area contributed by atoms with Crippen LogP contribution in [0.3, 0.4) is 0 Å². The van der Waals surface area contributed by atoms with Gasteiger partial charge in [-0.3, -0.25) is 14.4 Å². The van der Waals surface area contributed by atoms with E-state index in [1.165, 1.54) is 0 Å². The minimum atomic E-state index is -0.482. The lowest BCUT2D eigenvalue weighted by molar-refractivity contribution is -0.138. The molecule has 2 heterocycles. The van der Waals surface area contributed by atoms with Crippen molar-refractivity contribution in [2.45, 2.75) is 31.7 Å². The van der Waals surface area contributed by atoms with Crippen molar-refractivity contribution in [2.75, 3.05) is 26.7 Å². The summed E-state index contributed by atoms with van der Waals surface area (Å²) in [5.74, 6) is -0.339. The predicted molar refractivity (Wildman–Crippen MR) is 104 cm³/mol. The molecule has 0 bridgehead atoms. The van der Waals surface area contributed by atoms with Crippen molar-refractivity contribution in [3.63, 3.8) is 0 Å². The first kappa shape index (κ1) is 20.0. The lowest BCUT2D eigenvalue weighted by atomic mass is 9.95. The molecule has 2 fully saturated rings. The molecule has 146 valence electrons. The maximum Gasteiger partial charge on any atom is 0.256 e. The molecule has 1 N–H and O–H groups in total. The second-order valence-corrected chi connectivity index (χ2v) is 7.84. The fourth-order valence-corrected chi connectivity index (χ4v) is 4.23. The summed E-state index contributed by atoms with van der Waals surface area (Å²) in [4.78, 5) is 41.1. The Kier molecular flexibility index (Phi) is 6.27. The number of amides is 3. The van der Waals surface area contributed by atoms with Crippen LogP contribution in [-0.4, -0.2) is 60.2 Å². The van der Waals surface area contributed by atoms with E-state index in [4.69, 9.17) is 23.2 Å². The molecule has 0 radical (unpaired) electrons. The molecule has 3 rings (SSSR count). The van der Waals surface area contributed by atoms with Crippen LogP contribution >= 0.6 is 23.2 Å². The number of halogens is 2. The van der Waals surface area contributed by atoms with Crippen molar-refractivity contribution in [1.82, 2.24) is 15.1 Å². The highest BCUT2D eigenvalue weighted by molar-refractivity contribution is 6.35. The Morgan fingerprint density at radius 1 is 1.07 bits per heavy atom. The fourth-order valence-electron chi connectivity index (χ4n) is 3.86. The van der Waals surface area contributed by atoms with E-state index < -0.39 is 6.04 Å². The van der Waals surface area contributed by atoms with Gasteiger partial charge < -0.3 is 15.1 Å². The normalized spacial score (nSPS) is 20.6. The maximum atomic E-state index is 13.0. The second kappa shape index (κ2) is 8.48. The molecule has 8 heteroatoms. The predicted octanol–water partition coefficient (Wildman–Crippen LogP) is 2.58. The molecule has 0 saturated carbocycles. The molecule has 2 aliphatic heterocycles. The van der Waals surface area contributed by atoms with E-state index in [1.54, 1.807) is 35.0 Å². The van der Waals surface area contributed by atoms with Gasteiger partial charge in [0.2, 0.25) is 11.8 Å². The molecule has 2 aliphatic rings. The molecule has 1 aromatic rings. The van der Waals surface area contributed by atoms with E-state index in [2.05, 4.69) is 5.32 Å². The van der Waals surface area contributed by atoms with Gasteiger partial charge in [-0.05, 0) is 43.9 Å². The Balaban J connectivity index is 1.69. The van der Waals surface area contributed by atoms with Gasteiger partial charge in [-0.25, -0.2) is 0 Å². The van der Waals surface area contributed by atoms with Gasteiger partial charge in [-0.2, -0.15) is 0 Å². The van der Waals surface area contributed by atoms with E-state index in [9.17, 15) is 14.4 Å². The van der Waals surface area contributed by atoms with Crippen LogP contribution in [0.5, 0.6) is 0 Å². The summed E-state index contributed by atoms with van der Waals surface area (Å²) in [5.41, 5.74) is 0.321. The Labute approximate surface area is 168 Å². The summed E-state index contributed by atoms with van der Waals surface area (Å²) in [6, 6.07) is 4.28. The minimum absolute atomic E-state index is 0.0235. The van der Waals surface area contributed by atoms with Crippen LogP contribution in [0.1, 0.15) is 36.0 Å². The number of hydrogen-bond donors (Lipinski definition) is 1. The number of benzene rings is 1. The van der Waals surface area contributed by atoms with Gasteiger partial charge in [-0.1, -0.05) is 23.2 Å². The van der Waals surface area contributed by atoms with Gasteiger partial charge in [0.1, 0.15) is 6.04 Å². The maximum absolute atomic E-state index is 13.0. The first-order chi connectivity index (χ1) is 12.9. The van der Waals surface area contributed by atoms with E-state index in [0.29, 0.717) is 54.5 Å². The molecule has 6 nitrogen and oxygen atoms in total. The molecule has 1 unspecified atom stereocenters. The highest BCUT2D eigenvalue weighted by atomic mass is 35.5. The highest BCUT2D eigenvalue weighted by Crippen LogP contribution is 2.28. The molecule has 0 aromatic heterocycles. The third-order valence-corrected chi connectivity index (χ3v) is 5.95. The average molecular weight is 412 g/mol. The summed E-state index contributed by atoms with van der Waals surface area (Å²) >= 11 is 12.2. The number of carbonyl (C=O) groups excluding carboxylic acids is 3. The Hall–Kier alpha value is -1.79. The molecule has 27 heavy (non-hydrogen) atoms. The van der Waals surface area contributed by atoms with Crippen LogP contribution in [0.15, 0.2) is 18.2 Å². The standard InChI is InChI=1S/C19H23Cl2N3O3/c1-22-17(25)12-6-9-23(10-7-12)19(27)16-3-2-8-24(16)18(26)14-11-13(20)4-5-15(14)21/h4-5,11-12,16H,2-3,6-10H2,1H3,(H,22,25). The molecule has 1 atom stereocenters. The van der Waals surface area contributed by atoms with Gasteiger partial charge in [0.15, 0.2) is 0 Å². The number of carbonyl (C=O) groups is 3. The zero-order chi connectivity index (χ0) is 19.6. The lowest BCUT2D eigenvalue weighted by Crippen LogP contribution is -2.51. The number of nitrogens with one attached hydrogen (secondary N) is 1. The van der Waals surface area contributed by atoms with Crippen LogP contribution in [0, 0.1) is 5.92 Å².